The first-order valence-electron chi connectivity index (χ1n) is 7.12. The first kappa shape index (κ1) is 16.4. The fraction of sp³-hybridized carbons (Fsp3) is 0.125. The Balaban J connectivity index is 1.58. The smallest absolute Gasteiger partial charge is 0.271 e. The Hall–Kier alpha value is -2.44. The molecular formula is C16H12Cl2N4O2. The quantitative estimate of drug-likeness (QED) is 0.703. The van der Waals surface area contributed by atoms with E-state index in [2.05, 4.69) is 20.4 Å². The van der Waals surface area contributed by atoms with Crippen LogP contribution >= 0.6 is 23.2 Å². The summed E-state index contributed by atoms with van der Waals surface area (Å²) in [4.78, 5) is 20.3. The van der Waals surface area contributed by atoms with E-state index in [0.29, 0.717) is 24.7 Å². The van der Waals surface area contributed by atoms with E-state index in [0.717, 1.165) is 5.56 Å². The third-order valence-corrected chi connectivity index (χ3v) is 3.67. The number of halogens is 2. The molecule has 0 fully saturated rings. The molecule has 0 aliphatic rings. The fourth-order valence-electron chi connectivity index (χ4n) is 2.01. The lowest BCUT2D eigenvalue weighted by atomic mass is 10.2. The first-order valence-corrected chi connectivity index (χ1v) is 7.87. The number of nitrogens with zero attached hydrogens (tertiary/aromatic N) is 3. The van der Waals surface area contributed by atoms with Crippen LogP contribution in [0.1, 0.15) is 16.4 Å². The van der Waals surface area contributed by atoms with Crippen molar-refractivity contribution in [3.63, 3.8) is 0 Å². The SMILES string of the molecule is O=C(NCCc1nc(-c2ccccc2)no1)c1nc(Cl)ccc1Cl. The lowest BCUT2D eigenvalue weighted by molar-refractivity contribution is 0.0948. The summed E-state index contributed by atoms with van der Waals surface area (Å²) in [6.45, 7) is 0.305. The lowest BCUT2D eigenvalue weighted by Gasteiger charge is -2.04. The number of nitrogens with one attached hydrogen (secondary N) is 1. The van der Waals surface area contributed by atoms with Crippen molar-refractivity contribution in [2.24, 2.45) is 0 Å². The Morgan fingerprint density at radius 2 is 1.88 bits per heavy atom. The van der Waals surface area contributed by atoms with Gasteiger partial charge in [0.1, 0.15) is 10.8 Å². The number of aromatic nitrogens is 3. The number of amides is 1. The largest absolute Gasteiger partial charge is 0.350 e. The van der Waals surface area contributed by atoms with Crippen molar-refractivity contribution in [1.82, 2.24) is 20.4 Å². The molecule has 3 rings (SSSR count). The number of rotatable bonds is 5. The highest BCUT2D eigenvalue weighted by molar-refractivity contribution is 6.34. The summed E-state index contributed by atoms with van der Waals surface area (Å²) in [5, 5.41) is 7.05. The van der Waals surface area contributed by atoms with Crippen molar-refractivity contribution in [3.8, 4) is 11.4 Å². The van der Waals surface area contributed by atoms with Crippen molar-refractivity contribution in [3.05, 3.63) is 64.2 Å². The normalized spacial score (nSPS) is 10.6. The van der Waals surface area contributed by atoms with Crippen molar-refractivity contribution in [2.45, 2.75) is 6.42 Å². The van der Waals surface area contributed by atoms with Gasteiger partial charge in [0, 0.05) is 18.5 Å². The van der Waals surface area contributed by atoms with E-state index in [-0.39, 0.29) is 15.9 Å². The van der Waals surface area contributed by atoms with Crippen molar-refractivity contribution in [1.29, 1.82) is 0 Å². The second-order valence-corrected chi connectivity index (χ2v) is 5.64. The molecule has 1 aromatic carbocycles. The van der Waals surface area contributed by atoms with Crippen LogP contribution in [0.15, 0.2) is 47.0 Å². The fourth-order valence-corrected chi connectivity index (χ4v) is 2.34. The Labute approximate surface area is 147 Å². The molecule has 0 aliphatic heterocycles. The maximum absolute atomic E-state index is 12.1. The molecule has 3 aromatic rings. The topological polar surface area (TPSA) is 80.9 Å². The van der Waals surface area contributed by atoms with Crippen molar-refractivity contribution >= 4 is 29.1 Å². The second-order valence-electron chi connectivity index (χ2n) is 4.85. The van der Waals surface area contributed by atoms with E-state index in [1.165, 1.54) is 12.1 Å². The average molecular weight is 363 g/mol. The minimum atomic E-state index is -0.412. The number of carbonyl (C=O) groups excluding carboxylic acids is 1. The molecule has 1 N–H and O–H groups in total. The van der Waals surface area contributed by atoms with Gasteiger partial charge >= 0.3 is 0 Å². The van der Waals surface area contributed by atoms with Gasteiger partial charge in [-0.3, -0.25) is 4.79 Å². The molecule has 8 heteroatoms. The summed E-state index contributed by atoms with van der Waals surface area (Å²) < 4.78 is 5.17. The highest BCUT2D eigenvalue weighted by Gasteiger charge is 2.13. The molecule has 122 valence electrons. The summed E-state index contributed by atoms with van der Waals surface area (Å²) >= 11 is 11.7. The molecule has 0 saturated heterocycles. The molecule has 1 amide bonds. The molecule has 0 aliphatic carbocycles. The van der Waals surface area contributed by atoms with Gasteiger partial charge in [0.25, 0.3) is 5.91 Å². The van der Waals surface area contributed by atoms with Gasteiger partial charge in [-0.05, 0) is 12.1 Å². The van der Waals surface area contributed by atoms with Crippen LogP contribution in [-0.4, -0.2) is 27.6 Å². The van der Waals surface area contributed by atoms with Crippen molar-refractivity contribution < 1.29 is 9.32 Å². The molecule has 2 heterocycles. The van der Waals surface area contributed by atoms with Crippen LogP contribution in [0.5, 0.6) is 0 Å². The number of carbonyl (C=O) groups is 1. The third kappa shape index (κ3) is 3.90. The first-order chi connectivity index (χ1) is 11.6. The predicted octanol–water partition coefficient (Wildman–Crippen LogP) is 3.41. The third-order valence-electron chi connectivity index (χ3n) is 3.15. The van der Waals surface area contributed by atoms with E-state index >= 15 is 0 Å². The van der Waals surface area contributed by atoms with E-state index in [1.54, 1.807) is 0 Å². The minimum absolute atomic E-state index is 0.0830. The molecule has 2 aromatic heterocycles. The van der Waals surface area contributed by atoms with Crippen LogP contribution < -0.4 is 5.32 Å². The average Bonchev–Trinajstić information content (AvgIpc) is 3.06. The monoisotopic (exact) mass is 362 g/mol. The summed E-state index contributed by atoms with van der Waals surface area (Å²) in [5.74, 6) is 0.529. The number of hydrogen-bond donors (Lipinski definition) is 1. The van der Waals surface area contributed by atoms with Gasteiger partial charge < -0.3 is 9.84 Å². The molecule has 0 unspecified atom stereocenters. The van der Waals surface area contributed by atoms with Gasteiger partial charge in [-0.25, -0.2) is 4.98 Å². The van der Waals surface area contributed by atoms with E-state index in [1.807, 2.05) is 30.3 Å². The lowest BCUT2D eigenvalue weighted by Crippen LogP contribution is -2.27. The Morgan fingerprint density at radius 1 is 1.08 bits per heavy atom. The van der Waals surface area contributed by atoms with Gasteiger partial charge in [-0.2, -0.15) is 4.98 Å². The Bertz CT molecular complexity index is 852. The maximum atomic E-state index is 12.1. The molecular weight excluding hydrogens is 351 g/mol. The standard InChI is InChI=1S/C16H12Cl2N4O2/c17-11-6-7-12(18)20-14(11)16(23)19-9-8-13-21-15(22-24-13)10-4-2-1-3-5-10/h1-7H,8-9H2,(H,19,23). The zero-order chi connectivity index (χ0) is 16.9. The van der Waals surface area contributed by atoms with Crippen LogP contribution in [0.4, 0.5) is 0 Å². The second kappa shape index (κ2) is 7.42. The van der Waals surface area contributed by atoms with Gasteiger partial charge in [-0.1, -0.05) is 58.7 Å². The predicted molar refractivity (Wildman–Crippen MR) is 90.0 cm³/mol. The highest BCUT2D eigenvalue weighted by atomic mass is 35.5. The number of benzene rings is 1. The number of hydrogen-bond acceptors (Lipinski definition) is 5. The Morgan fingerprint density at radius 3 is 2.67 bits per heavy atom. The molecule has 6 nitrogen and oxygen atoms in total. The van der Waals surface area contributed by atoms with E-state index in [4.69, 9.17) is 27.7 Å². The zero-order valence-electron chi connectivity index (χ0n) is 12.4. The van der Waals surface area contributed by atoms with Crippen LogP contribution in [0.2, 0.25) is 10.2 Å². The minimum Gasteiger partial charge on any atom is -0.350 e. The molecule has 0 saturated carbocycles. The van der Waals surface area contributed by atoms with E-state index in [9.17, 15) is 4.79 Å². The zero-order valence-corrected chi connectivity index (χ0v) is 13.9. The van der Waals surface area contributed by atoms with Gasteiger partial charge in [-0.15, -0.1) is 0 Å². The van der Waals surface area contributed by atoms with E-state index < -0.39 is 5.91 Å². The van der Waals surface area contributed by atoms with Crippen LogP contribution in [0.3, 0.4) is 0 Å². The molecule has 0 spiro atoms. The van der Waals surface area contributed by atoms with Gasteiger partial charge in [0.05, 0.1) is 5.02 Å². The van der Waals surface area contributed by atoms with Gasteiger partial charge in [0.2, 0.25) is 11.7 Å². The summed E-state index contributed by atoms with van der Waals surface area (Å²) in [7, 11) is 0. The molecule has 24 heavy (non-hydrogen) atoms. The maximum Gasteiger partial charge on any atom is 0.271 e. The van der Waals surface area contributed by atoms with Crippen molar-refractivity contribution in [2.75, 3.05) is 6.54 Å². The van der Waals surface area contributed by atoms with Crippen LogP contribution in [-0.2, 0) is 6.42 Å². The van der Waals surface area contributed by atoms with Crippen LogP contribution in [0, 0.1) is 0 Å². The summed E-state index contributed by atoms with van der Waals surface area (Å²) in [6.07, 6.45) is 0.393. The Kier molecular flexibility index (Phi) is 5.08. The molecule has 0 atom stereocenters. The molecule has 0 radical (unpaired) electrons. The molecule has 0 bridgehead atoms. The van der Waals surface area contributed by atoms with Gasteiger partial charge in [0.15, 0.2) is 0 Å². The highest BCUT2D eigenvalue weighted by Crippen LogP contribution is 2.17. The summed E-state index contributed by atoms with van der Waals surface area (Å²) in [6, 6.07) is 12.5. The number of pyridine rings is 1. The van der Waals surface area contributed by atoms with Crippen LogP contribution in [0.25, 0.3) is 11.4 Å². The summed E-state index contributed by atoms with van der Waals surface area (Å²) in [5.41, 5.74) is 0.950.